The Balaban J connectivity index is 0.000000121. The average molecular weight is 1840 g/mol. The van der Waals surface area contributed by atoms with E-state index < -0.39 is 14.3 Å². The van der Waals surface area contributed by atoms with E-state index >= 15 is 9.13 Å². The fourth-order valence-electron chi connectivity index (χ4n) is 19.6. The number of benzene rings is 20. The minimum Gasteiger partial charge on any atom is -1.00 e. The van der Waals surface area contributed by atoms with Crippen LogP contribution in [-0.2, 0) is 14.5 Å². The second-order valence-electron chi connectivity index (χ2n) is 35.0. The molecule has 24 rings (SSSR count). The first-order valence-electron chi connectivity index (χ1n) is 46.8. The predicted octanol–water partition coefficient (Wildman–Crippen LogP) is 28.5. The molecule has 0 amide bonds. The van der Waals surface area contributed by atoms with Crippen LogP contribution in [0.2, 0.25) is 0 Å². The van der Waals surface area contributed by atoms with Gasteiger partial charge in [-0.05, 0) is 169 Å². The number of H-pyrrole nitrogens is 1. The van der Waals surface area contributed by atoms with Gasteiger partial charge in [0.2, 0.25) is 5.52 Å². The van der Waals surface area contributed by atoms with Gasteiger partial charge in [-0.15, -0.1) is 0 Å². The van der Waals surface area contributed by atoms with Crippen LogP contribution in [0.1, 0.15) is 44.5 Å². The molecule has 20 aromatic carbocycles. The Morgan fingerprint density at radius 1 is 0.279 bits per heavy atom. The Hall–Kier alpha value is -16.4. The molecule has 2 aliphatic carbocycles. The van der Waals surface area contributed by atoms with E-state index in [0.717, 1.165) is 66.0 Å². The number of nitrogens with zero attached hydrogens (tertiary/aromatic N) is 5. The molecule has 0 aliphatic heterocycles. The molecule has 0 unspecified atom stereocenters. The second-order valence-corrected chi connectivity index (χ2v) is 40.4. The fraction of sp³-hybridized carbons (Fsp3) is 0.0394. The van der Waals surface area contributed by atoms with E-state index in [-0.39, 0.29) is 30.0 Å². The third-order valence-electron chi connectivity index (χ3n) is 26.2. The first-order valence-corrected chi connectivity index (χ1v) is 50.2. The van der Waals surface area contributed by atoms with Crippen molar-refractivity contribution in [3.63, 3.8) is 0 Å². The van der Waals surface area contributed by atoms with Crippen molar-refractivity contribution in [3.05, 3.63) is 548 Å². The van der Waals surface area contributed by atoms with Crippen molar-refractivity contribution in [2.24, 2.45) is 0 Å². The Bertz CT molecular complexity index is 7700. The summed E-state index contributed by atoms with van der Waals surface area (Å²) >= 11 is 0. The normalized spacial score (nSPS) is 11.8. The number of aromatic amines is 1. The summed E-state index contributed by atoms with van der Waals surface area (Å²) < 4.78 is 37.1. The maximum Gasteiger partial charge on any atom is 0.202 e. The quantitative estimate of drug-likeness (QED) is 0.0379. The standard InChI is InChI=1S/C42H36N2.C40H25N3.C36H28O3P2.C9H7NO.Li/c1-29-13-21-33(22-14-29)43(34-23-15-30(2)16-24-34)41-37-9-5-7-11-39(37)42(40-12-8-6-10-38(40)41)44(35-25-17-31(3)18-26-35)36-27-19-32(4)20-28-36;1-3-13-26(14-4-1)37-41-38(27-15-5-2-6-16-27)43-39(42-37)28-23-24-36-32(25-28)31-19-9-12-22-35(31)40(36)33-20-10-7-17-29(33)30-18-8-11-21-34(30)40;37-40(29-17-5-1-6-18-29,30-19-7-2-8-20-30)35-27-15-13-25-33(35)39-34-26-14-16-28-36(34)41(38,31-21-9-3-10-22-31)32-23-11-4-12-24-32;11-8-5-1-3-7-4-2-6-10-9(7)8;/h5-28H,1-4H3;1-25H;1-28H;1-6,11H;/q;;;;-1. The summed E-state index contributed by atoms with van der Waals surface area (Å²) in [5.74, 6) is 2.97. The number of hydrogen-bond acceptors (Lipinski definition) is 9. The minimum absolute atomic E-state index is 0. The third kappa shape index (κ3) is 17.4. The van der Waals surface area contributed by atoms with E-state index in [9.17, 15) is 5.11 Å². The zero-order valence-electron chi connectivity index (χ0n) is 78.2. The van der Waals surface area contributed by atoms with Gasteiger partial charge in [0.25, 0.3) is 0 Å². The largest absolute Gasteiger partial charge is 1.00 e. The van der Waals surface area contributed by atoms with Crippen molar-refractivity contribution in [2.45, 2.75) is 33.1 Å². The SMILES string of the molecule is Cc1ccc(N(c2ccc(C)cc2)c2c3ccccc3c(N(c3ccc(C)cc3)c3ccc(C)cc3)c3ccccc23)cc1.O=P(c1ccccc1)(c1ccccc1)c1ccccc1Oc1ccccc1P(=O)(c1ccccc1)c1ccccc1.[Li-].[O-]c1cccc2ccc[nH+]c12.c1ccc(-c2nc(-c3ccccc3)nc(-c3ccc4c(c3)-c3ccccc3C43c4ccccc4-c4ccccc43)n2)cc1. The summed E-state index contributed by atoms with van der Waals surface area (Å²) in [6, 6.07) is 169. The van der Waals surface area contributed by atoms with Gasteiger partial charge in [0.15, 0.2) is 38.0 Å². The summed E-state index contributed by atoms with van der Waals surface area (Å²) in [5.41, 5.74) is 25.5. The van der Waals surface area contributed by atoms with Gasteiger partial charge in [0.1, 0.15) is 11.5 Å². The number of aryl methyl sites for hydroxylation is 4. The predicted molar refractivity (Wildman–Crippen MR) is 580 cm³/mol. The van der Waals surface area contributed by atoms with E-state index in [1.165, 1.54) is 99.7 Å². The van der Waals surface area contributed by atoms with Gasteiger partial charge >= 0.3 is 0 Å². The summed E-state index contributed by atoms with van der Waals surface area (Å²) in [4.78, 5) is 22.7. The van der Waals surface area contributed by atoms with Crippen molar-refractivity contribution in [1.82, 2.24) is 15.0 Å². The van der Waals surface area contributed by atoms with Crippen LogP contribution < -0.4 is 56.5 Å². The van der Waals surface area contributed by atoms with Gasteiger partial charge in [-0.25, -0.2) is 19.9 Å². The van der Waals surface area contributed by atoms with Crippen LogP contribution in [-0.4, -0.2) is 33.8 Å². The van der Waals surface area contributed by atoms with E-state index in [2.05, 4.69) is 279 Å². The fourth-order valence-corrected chi connectivity index (χ4v) is 25.1. The van der Waals surface area contributed by atoms with Gasteiger partial charge in [0, 0.05) is 93.7 Å². The number of pyridine rings is 1. The molecule has 0 atom stereocenters. The van der Waals surface area contributed by atoms with Crippen LogP contribution in [0.3, 0.4) is 0 Å². The number of fused-ring (bicyclic) bond motifs is 13. The molecular weight excluding hydrogens is 1740 g/mol. The molecule has 140 heavy (non-hydrogen) atoms. The molecule has 13 heteroatoms. The van der Waals surface area contributed by atoms with Crippen LogP contribution >= 0.6 is 14.3 Å². The summed E-state index contributed by atoms with van der Waals surface area (Å²) in [7, 11) is -6.63. The number of para-hydroxylation sites is 3. The second kappa shape index (κ2) is 40.1. The molecule has 2 aromatic heterocycles. The molecule has 670 valence electrons. The number of rotatable bonds is 17. The molecule has 1 spiro atoms. The van der Waals surface area contributed by atoms with Crippen LogP contribution in [0.4, 0.5) is 34.1 Å². The molecule has 0 saturated carbocycles. The van der Waals surface area contributed by atoms with Gasteiger partial charge in [0.05, 0.1) is 27.4 Å². The van der Waals surface area contributed by atoms with Crippen molar-refractivity contribution < 1.29 is 24.0 Å². The first-order chi connectivity index (χ1) is 68.3. The first kappa shape index (κ1) is 91.4. The van der Waals surface area contributed by atoms with E-state index in [0.29, 0.717) is 45.1 Å². The molecule has 1 N–H and O–H groups in total. The number of nitrogens with one attached hydrogen (secondary N) is 1. The van der Waals surface area contributed by atoms with Gasteiger partial charge in [-0.1, -0.05) is 423 Å². The number of aromatic nitrogens is 4. The third-order valence-corrected chi connectivity index (χ3v) is 32.4. The zero-order chi connectivity index (χ0) is 94.4. The van der Waals surface area contributed by atoms with Crippen LogP contribution in [0, 0.1) is 27.7 Å². The Morgan fingerprint density at radius 2 is 0.571 bits per heavy atom. The van der Waals surface area contributed by atoms with Gasteiger partial charge in [-0.3, -0.25) is 0 Å². The topological polar surface area (TPSA) is 126 Å². The van der Waals surface area contributed by atoms with Crippen LogP contribution in [0.15, 0.2) is 504 Å². The van der Waals surface area contributed by atoms with E-state index in [1.54, 1.807) is 18.3 Å². The van der Waals surface area contributed by atoms with E-state index in [1.807, 2.05) is 249 Å². The molecule has 0 bridgehead atoms. The molecule has 10 nitrogen and oxygen atoms in total. The molecule has 22 aromatic rings. The van der Waals surface area contributed by atoms with Crippen molar-refractivity contribution in [1.29, 1.82) is 0 Å². The maximum atomic E-state index is 15.2. The number of ether oxygens (including phenoxy) is 1. The maximum absolute atomic E-state index is 15.2. The van der Waals surface area contributed by atoms with E-state index in [4.69, 9.17) is 19.7 Å². The molecule has 0 saturated heterocycles. The molecule has 2 heterocycles. The van der Waals surface area contributed by atoms with Crippen molar-refractivity contribution in [3.8, 4) is 73.7 Å². The summed E-state index contributed by atoms with van der Waals surface area (Å²) in [6.45, 7) is 8.57. The molecule has 0 fully saturated rings. The summed E-state index contributed by atoms with van der Waals surface area (Å²) in [6.07, 6.45) is 1.75. The van der Waals surface area contributed by atoms with Crippen LogP contribution in [0.5, 0.6) is 17.2 Å². The zero-order valence-corrected chi connectivity index (χ0v) is 80.0. The Labute approximate surface area is 829 Å². The molecular formula is C127H96LiN6O4P2-. The number of anilines is 6. The molecule has 2 radical (unpaired) electrons. The Kier molecular flexibility index (Phi) is 26.2. The van der Waals surface area contributed by atoms with Crippen molar-refractivity contribution in [2.75, 3.05) is 9.80 Å². The van der Waals surface area contributed by atoms with Gasteiger partial charge in [-0.2, -0.15) is 0 Å². The number of hydrogen-bond donors (Lipinski definition) is 0. The van der Waals surface area contributed by atoms with Crippen LogP contribution in [0.25, 0.3) is 88.9 Å². The van der Waals surface area contributed by atoms with Crippen molar-refractivity contribution >= 4 is 132 Å². The van der Waals surface area contributed by atoms with Gasteiger partial charge < -0.3 is 47.6 Å². The Morgan fingerprint density at radius 3 is 0.929 bits per heavy atom. The minimum atomic E-state index is -3.32. The smallest absolute Gasteiger partial charge is 0.202 e. The monoisotopic (exact) mass is 1840 g/mol. The average Bonchev–Trinajstić information content (AvgIpc) is 1.51. The summed E-state index contributed by atoms with van der Waals surface area (Å²) in [5, 5.41) is 20.9. The molecule has 2 aliphatic rings.